The summed E-state index contributed by atoms with van der Waals surface area (Å²) < 4.78 is 15.7. The van der Waals surface area contributed by atoms with Gasteiger partial charge in [-0.05, 0) is 18.2 Å². The minimum absolute atomic E-state index is 0.245. The summed E-state index contributed by atoms with van der Waals surface area (Å²) in [5, 5.41) is 6.37. The quantitative estimate of drug-likeness (QED) is 0.610. The van der Waals surface area contributed by atoms with Crippen LogP contribution in [0.4, 0.5) is 10.1 Å². The number of benzene rings is 1. The van der Waals surface area contributed by atoms with Crippen molar-refractivity contribution < 1.29 is 4.39 Å². The molecule has 6 nitrogen and oxygen atoms in total. The molecule has 1 aromatic carbocycles. The number of hydrogen-bond donors (Lipinski definition) is 1. The van der Waals surface area contributed by atoms with Gasteiger partial charge in [0.25, 0.3) is 0 Å². The summed E-state index contributed by atoms with van der Waals surface area (Å²) in [5.74, 6) is 0.696. The zero-order valence-electron chi connectivity index (χ0n) is 13.0. The van der Waals surface area contributed by atoms with Crippen LogP contribution in [0.15, 0.2) is 53.5 Å². The first kappa shape index (κ1) is 15.4. The van der Waals surface area contributed by atoms with E-state index in [2.05, 4.69) is 20.1 Å². The second-order valence-corrected chi connectivity index (χ2v) is 6.07. The van der Waals surface area contributed by atoms with Crippen LogP contribution in [0.3, 0.4) is 0 Å². The molecule has 0 bridgehead atoms. The van der Waals surface area contributed by atoms with Crippen molar-refractivity contribution in [3.63, 3.8) is 0 Å². The van der Waals surface area contributed by atoms with Gasteiger partial charge in [-0.25, -0.2) is 19.0 Å². The van der Waals surface area contributed by atoms with E-state index in [9.17, 15) is 4.39 Å². The van der Waals surface area contributed by atoms with Crippen molar-refractivity contribution in [2.45, 2.75) is 6.54 Å². The van der Waals surface area contributed by atoms with Gasteiger partial charge < -0.3 is 5.73 Å². The van der Waals surface area contributed by atoms with Crippen LogP contribution in [0, 0.1) is 5.82 Å². The first-order valence-electron chi connectivity index (χ1n) is 7.49. The molecule has 0 amide bonds. The standard InChI is InChI=1S/C17H13FN6S/c18-13-4-2-1-3-11(13)8-24-17(15-9-25-10-21-15)22-16(23-24)14-7-12(19)5-6-20-14/h1-7,9-10H,8H2,(H2,19,20). The van der Waals surface area contributed by atoms with Gasteiger partial charge in [-0.15, -0.1) is 16.4 Å². The molecule has 0 saturated heterocycles. The van der Waals surface area contributed by atoms with Crippen LogP contribution in [0.5, 0.6) is 0 Å². The molecule has 124 valence electrons. The number of nitrogens with zero attached hydrogens (tertiary/aromatic N) is 5. The molecule has 4 rings (SSSR count). The number of hydrogen-bond acceptors (Lipinski definition) is 6. The third-order valence-electron chi connectivity index (χ3n) is 3.62. The maximum atomic E-state index is 14.0. The second kappa shape index (κ2) is 6.40. The first-order chi connectivity index (χ1) is 12.2. The Bertz CT molecular complexity index is 1010. The minimum atomic E-state index is -0.286. The smallest absolute Gasteiger partial charge is 0.200 e. The predicted molar refractivity (Wildman–Crippen MR) is 94.3 cm³/mol. The molecule has 3 aromatic heterocycles. The fourth-order valence-corrected chi connectivity index (χ4v) is 2.96. The zero-order chi connectivity index (χ0) is 17.2. The maximum absolute atomic E-state index is 14.0. The van der Waals surface area contributed by atoms with Crippen molar-refractivity contribution in [2.24, 2.45) is 0 Å². The van der Waals surface area contributed by atoms with Crippen molar-refractivity contribution in [2.75, 3.05) is 5.73 Å². The average Bonchev–Trinajstić information content (AvgIpc) is 3.26. The topological polar surface area (TPSA) is 82.5 Å². The van der Waals surface area contributed by atoms with E-state index >= 15 is 0 Å². The van der Waals surface area contributed by atoms with Crippen LogP contribution in [-0.4, -0.2) is 24.7 Å². The number of anilines is 1. The Kier molecular flexibility index (Phi) is 3.95. The summed E-state index contributed by atoms with van der Waals surface area (Å²) in [6, 6.07) is 9.99. The molecule has 0 spiro atoms. The van der Waals surface area contributed by atoms with Gasteiger partial charge in [0, 0.05) is 22.8 Å². The van der Waals surface area contributed by atoms with Gasteiger partial charge in [-0.3, -0.25) is 4.98 Å². The van der Waals surface area contributed by atoms with Gasteiger partial charge >= 0.3 is 0 Å². The highest BCUT2D eigenvalue weighted by molar-refractivity contribution is 7.07. The Balaban J connectivity index is 1.80. The molecule has 8 heteroatoms. The summed E-state index contributed by atoms with van der Waals surface area (Å²) in [6.07, 6.45) is 1.60. The van der Waals surface area contributed by atoms with Crippen LogP contribution >= 0.6 is 11.3 Å². The Hall–Kier alpha value is -3.13. The molecule has 0 atom stereocenters. The number of aromatic nitrogens is 5. The Labute approximate surface area is 146 Å². The number of nitrogens with two attached hydrogens (primary N) is 1. The number of pyridine rings is 1. The fraction of sp³-hybridized carbons (Fsp3) is 0.0588. The van der Waals surface area contributed by atoms with Gasteiger partial charge in [0.15, 0.2) is 11.6 Å². The van der Waals surface area contributed by atoms with Crippen molar-refractivity contribution >= 4 is 17.0 Å². The molecule has 0 aliphatic heterocycles. The van der Waals surface area contributed by atoms with Gasteiger partial charge in [0.05, 0.1) is 12.1 Å². The van der Waals surface area contributed by atoms with E-state index < -0.39 is 0 Å². The lowest BCUT2D eigenvalue weighted by Gasteiger charge is -2.05. The lowest BCUT2D eigenvalue weighted by atomic mass is 10.2. The summed E-state index contributed by atoms with van der Waals surface area (Å²) in [6.45, 7) is 0.245. The highest BCUT2D eigenvalue weighted by Crippen LogP contribution is 2.23. The minimum Gasteiger partial charge on any atom is -0.399 e. The first-order valence-corrected chi connectivity index (χ1v) is 8.44. The predicted octanol–water partition coefficient (Wildman–Crippen LogP) is 3.23. The monoisotopic (exact) mass is 352 g/mol. The van der Waals surface area contributed by atoms with Crippen LogP contribution in [0.1, 0.15) is 5.56 Å². The molecule has 0 radical (unpaired) electrons. The molecular weight excluding hydrogens is 339 g/mol. The average molecular weight is 352 g/mol. The maximum Gasteiger partial charge on any atom is 0.200 e. The van der Waals surface area contributed by atoms with E-state index in [1.807, 2.05) is 5.38 Å². The Morgan fingerprint density at radius 1 is 1.12 bits per heavy atom. The normalized spacial score (nSPS) is 10.9. The van der Waals surface area contributed by atoms with Crippen LogP contribution < -0.4 is 5.73 Å². The largest absolute Gasteiger partial charge is 0.399 e. The van der Waals surface area contributed by atoms with E-state index in [0.29, 0.717) is 34.3 Å². The summed E-state index contributed by atoms with van der Waals surface area (Å²) in [7, 11) is 0. The molecule has 0 aliphatic rings. The SMILES string of the molecule is Nc1ccnc(-c2nc(-c3cscn3)n(Cc3ccccc3F)n2)c1. The molecule has 0 fully saturated rings. The highest BCUT2D eigenvalue weighted by atomic mass is 32.1. The molecule has 0 aliphatic carbocycles. The number of rotatable bonds is 4. The van der Waals surface area contributed by atoms with Gasteiger partial charge in [0.1, 0.15) is 17.2 Å². The van der Waals surface area contributed by atoms with E-state index in [-0.39, 0.29) is 12.4 Å². The molecular formula is C17H13FN6S. The van der Waals surface area contributed by atoms with Crippen molar-refractivity contribution in [3.8, 4) is 23.0 Å². The number of halogens is 1. The van der Waals surface area contributed by atoms with Crippen molar-refractivity contribution in [1.29, 1.82) is 0 Å². The van der Waals surface area contributed by atoms with Crippen molar-refractivity contribution in [3.05, 3.63) is 64.9 Å². The van der Waals surface area contributed by atoms with Crippen molar-refractivity contribution in [1.82, 2.24) is 24.7 Å². The lowest BCUT2D eigenvalue weighted by Crippen LogP contribution is -2.06. The molecule has 3 heterocycles. The Morgan fingerprint density at radius 3 is 2.76 bits per heavy atom. The van der Waals surface area contributed by atoms with E-state index in [1.54, 1.807) is 46.7 Å². The van der Waals surface area contributed by atoms with Crippen LogP contribution in [0.25, 0.3) is 23.0 Å². The number of nitrogen functional groups attached to an aromatic ring is 1. The van der Waals surface area contributed by atoms with Crippen LogP contribution in [0.2, 0.25) is 0 Å². The molecule has 0 saturated carbocycles. The third-order valence-corrected chi connectivity index (χ3v) is 4.21. The summed E-state index contributed by atoms with van der Waals surface area (Å²) in [4.78, 5) is 13.1. The highest BCUT2D eigenvalue weighted by Gasteiger charge is 2.17. The Morgan fingerprint density at radius 2 is 2.00 bits per heavy atom. The van der Waals surface area contributed by atoms with Gasteiger partial charge in [0.2, 0.25) is 0 Å². The zero-order valence-corrected chi connectivity index (χ0v) is 13.8. The fourth-order valence-electron chi connectivity index (χ4n) is 2.43. The van der Waals surface area contributed by atoms with Gasteiger partial charge in [-0.1, -0.05) is 18.2 Å². The molecule has 4 aromatic rings. The molecule has 2 N–H and O–H groups in total. The second-order valence-electron chi connectivity index (χ2n) is 5.36. The molecule has 0 unspecified atom stereocenters. The summed E-state index contributed by atoms with van der Waals surface area (Å²) in [5.41, 5.74) is 9.88. The van der Waals surface area contributed by atoms with Gasteiger partial charge in [-0.2, -0.15) is 0 Å². The van der Waals surface area contributed by atoms with E-state index in [0.717, 1.165) is 0 Å². The lowest BCUT2D eigenvalue weighted by molar-refractivity contribution is 0.587. The van der Waals surface area contributed by atoms with E-state index in [4.69, 9.17) is 5.73 Å². The molecule has 25 heavy (non-hydrogen) atoms. The van der Waals surface area contributed by atoms with Crippen LogP contribution in [-0.2, 0) is 6.54 Å². The summed E-state index contributed by atoms with van der Waals surface area (Å²) >= 11 is 1.46. The third kappa shape index (κ3) is 3.11. The van der Waals surface area contributed by atoms with E-state index in [1.165, 1.54) is 17.4 Å². The number of thiazole rings is 1.